The normalized spacial score (nSPS) is 19.1. The molecule has 19 heavy (non-hydrogen) atoms. The van der Waals surface area contributed by atoms with Crippen molar-refractivity contribution in [2.24, 2.45) is 0 Å². The summed E-state index contributed by atoms with van der Waals surface area (Å²) < 4.78 is 0. The van der Waals surface area contributed by atoms with Gasteiger partial charge in [0.15, 0.2) is 0 Å². The van der Waals surface area contributed by atoms with E-state index >= 15 is 0 Å². The molecule has 1 aromatic heterocycles. The second kappa shape index (κ2) is 6.12. The lowest BCUT2D eigenvalue weighted by Gasteiger charge is -2.20. The van der Waals surface area contributed by atoms with Crippen molar-refractivity contribution in [2.45, 2.75) is 25.4 Å². The quantitative estimate of drug-likeness (QED) is 0.756. The smallest absolute Gasteiger partial charge is 0.229 e. The number of hydrogen-bond acceptors (Lipinski definition) is 7. The Hall–Kier alpha value is -1.47. The molecule has 0 radical (unpaired) electrons. The predicted octanol–water partition coefficient (Wildman–Crippen LogP) is -0.296. The fraction of sp³-hybridized carbons (Fsp3) is 0.750. The Balaban J connectivity index is 1.97. The van der Waals surface area contributed by atoms with E-state index in [-0.39, 0.29) is 5.95 Å². The molecule has 2 rings (SSSR count). The van der Waals surface area contributed by atoms with Crippen LogP contribution in [0.15, 0.2) is 0 Å². The third-order valence-electron chi connectivity index (χ3n) is 3.19. The highest BCUT2D eigenvalue weighted by Crippen LogP contribution is 2.10. The Morgan fingerprint density at radius 3 is 2.68 bits per heavy atom. The van der Waals surface area contributed by atoms with Gasteiger partial charge in [-0.3, -0.25) is 4.90 Å². The van der Waals surface area contributed by atoms with E-state index in [4.69, 9.17) is 5.73 Å². The summed E-state index contributed by atoms with van der Waals surface area (Å²) in [5.41, 5.74) is 5.72. The zero-order chi connectivity index (χ0) is 13.8. The van der Waals surface area contributed by atoms with Crippen LogP contribution in [0.3, 0.4) is 0 Å². The molecule has 7 heteroatoms. The molecular formula is C12H23N7. The van der Waals surface area contributed by atoms with Crippen LogP contribution in [-0.4, -0.2) is 60.1 Å². The van der Waals surface area contributed by atoms with Crippen LogP contribution in [0, 0.1) is 0 Å². The maximum absolute atomic E-state index is 5.72. The van der Waals surface area contributed by atoms with Gasteiger partial charge in [0.05, 0.1) is 6.54 Å². The van der Waals surface area contributed by atoms with E-state index < -0.39 is 0 Å². The summed E-state index contributed by atoms with van der Waals surface area (Å²) in [6.45, 7) is 2.82. The predicted molar refractivity (Wildman–Crippen MR) is 75.9 cm³/mol. The van der Waals surface area contributed by atoms with Crippen LogP contribution in [0.2, 0.25) is 0 Å². The van der Waals surface area contributed by atoms with Crippen molar-refractivity contribution >= 4 is 11.9 Å². The standard InChI is InChI=1S/C12H23N7/c1-18(2)12-16-10(15-11(13)17-12)8-19(3)7-9-5-4-6-14-9/h9,14H,4-8H2,1-3H3,(H2,13,15,16,17). The second-order valence-electron chi connectivity index (χ2n) is 5.29. The maximum atomic E-state index is 5.72. The SMILES string of the molecule is CN(Cc1nc(N)nc(N(C)C)n1)CC1CCCN1. The minimum atomic E-state index is 0.279. The molecule has 1 fully saturated rings. The summed E-state index contributed by atoms with van der Waals surface area (Å²) in [5, 5.41) is 3.49. The van der Waals surface area contributed by atoms with E-state index in [2.05, 4.69) is 32.2 Å². The van der Waals surface area contributed by atoms with Crippen molar-refractivity contribution in [3.63, 3.8) is 0 Å². The van der Waals surface area contributed by atoms with Crippen molar-refractivity contribution < 1.29 is 0 Å². The lowest BCUT2D eigenvalue weighted by molar-refractivity contribution is 0.286. The van der Waals surface area contributed by atoms with Gasteiger partial charge in [0.25, 0.3) is 0 Å². The Labute approximate surface area is 114 Å². The molecule has 1 unspecified atom stereocenters. The van der Waals surface area contributed by atoms with Crippen LogP contribution in [0.1, 0.15) is 18.7 Å². The van der Waals surface area contributed by atoms with Crippen LogP contribution >= 0.6 is 0 Å². The summed E-state index contributed by atoms with van der Waals surface area (Å²) in [6.07, 6.45) is 2.51. The van der Waals surface area contributed by atoms with Crippen molar-refractivity contribution in [3.8, 4) is 0 Å². The summed E-state index contributed by atoms with van der Waals surface area (Å²) >= 11 is 0. The van der Waals surface area contributed by atoms with Crippen LogP contribution in [0.5, 0.6) is 0 Å². The topological polar surface area (TPSA) is 83.2 Å². The Morgan fingerprint density at radius 1 is 1.26 bits per heavy atom. The van der Waals surface area contributed by atoms with E-state index in [1.165, 1.54) is 12.8 Å². The number of nitrogen functional groups attached to an aromatic ring is 1. The van der Waals surface area contributed by atoms with Gasteiger partial charge in [-0.2, -0.15) is 15.0 Å². The van der Waals surface area contributed by atoms with Crippen LogP contribution in [0.25, 0.3) is 0 Å². The number of aromatic nitrogens is 3. The molecule has 1 saturated heterocycles. The monoisotopic (exact) mass is 265 g/mol. The third kappa shape index (κ3) is 4.00. The molecule has 0 saturated carbocycles. The van der Waals surface area contributed by atoms with E-state index in [0.717, 1.165) is 18.9 Å². The Bertz CT molecular complexity index is 415. The van der Waals surface area contributed by atoms with Gasteiger partial charge in [-0.15, -0.1) is 0 Å². The van der Waals surface area contributed by atoms with Crippen molar-refractivity contribution in [2.75, 3.05) is 44.9 Å². The summed E-state index contributed by atoms with van der Waals surface area (Å²) in [4.78, 5) is 16.8. The van der Waals surface area contributed by atoms with Gasteiger partial charge >= 0.3 is 0 Å². The van der Waals surface area contributed by atoms with Crippen molar-refractivity contribution in [1.82, 2.24) is 25.2 Å². The highest BCUT2D eigenvalue weighted by Gasteiger charge is 2.17. The first-order chi connectivity index (χ1) is 9.04. The third-order valence-corrected chi connectivity index (χ3v) is 3.19. The summed E-state index contributed by atoms with van der Waals surface area (Å²) in [6, 6.07) is 0.581. The van der Waals surface area contributed by atoms with Crippen LogP contribution in [0.4, 0.5) is 11.9 Å². The number of rotatable bonds is 5. The summed E-state index contributed by atoms with van der Waals surface area (Å²) in [5.74, 6) is 1.60. The second-order valence-corrected chi connectivity index (χ2v) is 5.29. The Morgan fingerprint density at radius 2 is 2.05 bits per heavy atom. The molecule has 1 aliphatic heterocycles. The molecule has 0 aromatic carbocycles. The van der Waals surface area contributed by atoms with Gasteiger partial charge in [0.2, 0.25) is 11.9 Å². The molecule has 0 amide bonds. The molecule has 3 N–H and O–H groups in total. The van der Waals surface area contributed by atoms with Gasteiger partial charge in [-0.05, 0) is 26.4 Å². The molecule has 106 valence electrons. The fourth-order valence-electron chi connectivity index (χ4n) is 2.29. The van der Waals surface area contributed by atoms with Crippen LogP contribution in [-0.2, 0) is 6.54 Å². The first-order valence-electron chi connectivity index (χ1n) is 6.64. The molecule has 0 spiro atoms. The molecule has 2 heterocycles. The van der Waals surface area contributed by atoms with E-state index in [1.54, 1.807) is 0 Å². The number of nitrogens with one attached hydrogen (secondary N) is 1. The lowest BCUT2D eigenvalue weighted by Crippen LogP contribution is -2.35. The highest BCUT2D eigenvalue weighted by molar-refractivity contribution is 5.32. The van der Waals surface area contributed by atoms with Crippen molar-refractivity contribution in [1.29, 1.82) is 0 Å². The largest absolute Gasteiger partial charge is 0.368 e. The van der Waals surface area contributed by atoms with E-state index in [9.17, 15) is 0 Å². The van der Waals surface area contributed by atoms with Crippen LogP contribution < -0.4 is 16.0 Å². The summed E-state index contributed by atoms with van der Waals surface area (Å²) in [7, 11) is 5.87. The minimum Gasteiger partial charge on any atom is -0.368 e. The van der Waals surface area contributed by atoms with Gasteiger partial charge < -0.3 is 16.0 Å². The van der Waals surface area contributed by atoms with Gasteiger partial charge in [-0.25, -0.2) is 0 Å². The maximum Gasteiger partial charge on any atom is 0.229 e. The molecule has 1 atom stereocenters. The first-order valence-corrected chi connectivity index (χ1v) is 6.64. The average molecular weight is 265 g/mol. The van der Waals surface area contributed by atoms with E-state index in [1.807, 2.05) is 19.0 Å². The Kier molecular flexibility index (Phi) is 4.49. The number of hydrogen-bond donors (Lipinski definition) is 2. The van der Waals surface area contributed by atoms with E-state index in [0.29, 0.717) is 18.5 Å². The molecule has 0 bridgehead atoms. The zero-order valence-corrected chi connectivity index (χ0v) is 11.9. The molecular weight excluding hydrogens is 242 g/mol. The van der Waals surface area contributed by atoms with Crippen molar-refractivity contribution in [3.05, 3.63) is 5.82 Å². The van der Waals surface area contributed by atoms with Gasteiger partial charge in [0, 0.05) is 26.7 Å². The molecule has 1 aromatic rings. The number of nitrogens with zero attached hydrogens (tertiary/aromatic N) is 5. The van der Waals surface area contributed by atoms with Gasteiger partial charge in [-0.1, -0.05) is 0 Å². The number of nitrogens with two attached hydrogens (primary N) is 1. The first kappa shape index (κ1) is 14.0. The zero-order valence-electron chi connectivity index (χ0n) is 11.9. The molecule has 0 aliphatic carbocycles. The average Bonchev–Trinajstić information content (AvgIpc) is 2.80. The number of likely N-dealkylation sites (N-methyl/N-ethyl adjacent to an activating group) is 1. The minimum absolute atomic E-state index is 0.279. The highest BCUT2D eigenvalue weighted by atomic mass is 15.3. The van der Waals surface area contributed by atoms with Gasteiger partial charge in [0.1, 0.15) is 5.82 Å². The lowest BCUT2D eigenvalue weighted by atomic mass is 10.2. The molecule has 1 aliphatic rings. The fourth-order valence-corrected chi connectivity index (χ4v) is 2.29. The number of anilines is 2. The molecule has 7 nitrogen and oxygen atoms in total.